The van der Waals surface area contributed by atoms with Crippen LogP contribution in [0.15, 0.2) is 66.9 Å². The third-order valence-corrected chi connectivity index (χ3v) is 5.13. The molecule has 6 nitrogen and oxygen atoms in total. The standard InChI is InChI=1S/C22H17ClF3N5O/c1-30-20(22(24,25)26)17(23)19(28-30)21(32)27-12-15-13-31(16-10-6-3-7-11-16)29-18(15)14-8-4-2-5-9-14/h2-11,13H,12H2,1H3,(H,27,32). The number of hydrogen-bond acceptors (Lipinski definition) is 3. The lowest BCUT2D eigenvalue weighted by molar-refractivity contribution is -0.143. The van der Waals surface area contributed by atoms with Gasteiger partial charge in [-0.3, -0.25) is 9.48 Å². The van der Waals surface area contributed by atoms with Crippen LogP contribution in [-0.4, -0.2) is 25.5 Å². The number of nitrogens with zero attached hydrogens (tertiary/aromatic N) is 4. The Bertz CT molecular complexity index is 1250. The lowest BCUT2D eigenvalue weighted by atomic mass is 10.1. The minimum absolute atomic E-state index is 0.0180. The van der Waals surface area contributed by atoms with Gasteiger partial charge in [0.15, 0.2) is 11.4 Å². The molecule has 2 aromatic carbocycles. The Kier molecular flexibility index (Phi) is 5.75. The Hall–Kier alpha value is -3.59. The molecule has 10 heteroatoms. The zero-order valence-electron chi connectivity index (χ0n) is 16.8. The highest BCUT2D eigenvalue weighted by Gasteiger charge is 2.40. The second-order valence-electron chi connectivity index (χ2n) is 6.96. The summed E-state index contributed by atoms with van der Waals surface area (Å²) in [7, 11) is 1.09. The molecule has 0 radical (unpaired) electrons. The number of carbonyl (C=O) groups excluding carboxylic acids is 1. The van der Waals surface area contributed by atoms with Crippen molar-refractivity contribution in [3.8, 4) is 16.9 Å². The molecule has 0 saturated carbocycles. The normalized spacial score (nSPS) is 11.5. The number of carbonyl (C=O) groups is 1. The van der Waals surface area contributed by atoms with Crippen LogP contribution in [0.2, 0.25) is 5.02 Å². The topological polar surface area (TPSA) is 64.7 Å². The minimum Gasteiger partial charge on any atom is -0.346 e. The maximum atomic E-state index is 13.2. The Labute approximate surface area is 186 Å². The van der Waals surface area contributed by atoms with Crippen LogP contribution in [0.1, 0.15) is 21.7 Å². The fourth-order valence-corrected chi connectivity index (χ4v) is 3.65. The number of halogens is 4. The van der Waals surface area contributed by atoms with E-state index < -0.39 is 28.5 Å². The van der Waals surface area contributed by atoms with Gasteiger partial charge >= 0.3 is 6.18 Å². The van der Waals surface area contributed by atoms with Crippen molar-refractivity contribution in [3.05, 3.63) is 88.8 Å². The van der Waals surface area contributed by atoms with E-state index >= 15 is 0 Å². The SMILES string of the molecule is Cn1nc(C(=O)NCc2cn(-c3ccccc3)nc2-c2ccccc2)c(Cl)c1C(F)(F)F. The van der Waals surface area contributed by atoms with Gasteiger partial charge < -0.3 is 5.32 Å². The lowest BCUT2D eigenvalue weighted by Gasteiger charge is -2.06. The van der Waals surface area contributed by atoms with Crippen molar-refractivity contribution in [1.82, 2.24) is 24.9 Å². The Morgan fingerprint density at radius 3 is 2.25 bits per heavy atom. The van der Waals surface area contributed by atoms with Crippen molar-refractivity contribution in [3.63, 3.8) is 0 Å². The average Bonchev–Trinajstić information content (AvgIpc) is 3.33. The van der Waals surface area contributed by atoms with E-state index in [-0.39, 0.29) is 6.54 Å². The summed E-state index contributed by atoms with van der Waals surface area (Å²) in [5, 5.41) is 10.2. The molecule has 4 rings (SSSR count). The van der Waals surface area contributed by atoms with Gasteiger partial charge in [0, 0.05) is 30.9 Å². The van der Waals surface area contributed by atoms with Crippen molar-refractivity contribution < 1.29 is 18.0 Å². The van der Waals surface area contributed by atoms with Gasteiger partial charge in [-0.25, -0.2) is 4.68 Å². The molecule has 0 atom stereocenters. The predicted octanol–water partition coefficient (Wildman–Crippen LogP) is 4.88. The first-order valence-corrected chi connectivity index (χ1v) is 9.91. The number of para-hydroxylation sites is 1. The van der Waals surface area contributed by atoms with Crippen molar-refractivity contribution >= 4 is 17.5 Å². The highest BCUT2D eigenvalue weighted by Crippen LogP contribution is 2.36. The summed E-state index contributed by atoms with van der Waals surface area (Å²) in [6.45, 7) is 0.0180. The minimum atomic E-state index is -4.73. The molecule has 0 saturated heterocycles. The van der Waals surface area contributed by atoms with Gasteiger partial charge in [0.1, 0.15) is 5.02 Å². The quantitative estimate of drug-likeness (QED) is 0.463. The van der Waals surface area contributed by atoms with E-state index in [0.29, 0.717) is 15.9 Å². The first kappa shape index (κ1) is 21.6. The third-order valence-electron chi connectivity index (χ3n) is 4.77. The summed E-state index contributed by atoms with van der Waals surface area (Å²) in [5.41, 5.74) is 1.31. The first-order chi connectivity index (χ1) is 15.3. The molecule has 0 fully saturated rings. The molecule has 0 bridgehead atoms. The molecule has 32 heavy (non-hydrogen) atoms. The zero-order chi connectivity index (χ0) is 22.9. The Morgan fingerprint density at radius 1 is 1.03 bits per heavy atom. The van der Waals surface area contributed by atoms with Crippen LogP contribution in [-0.2, 0) is 19.8 Å². The molecule has 0 unspecified atom stereocenters. The van der Waals surface area contributed by atoms with Gasteiger partial charge in [0.25, 0.3) is 5.91 Å². The number of nitrogens with one attached hydrogen (secondary N) is 1. The molecule has 0 aliphatic heterocycles. The van der Waals surface area contributed by atoms with Crippen molar-refractivity contribution in [1.29, 1.82) is 0 Å². The van der Waals surface area contributed by atoms with E-state index in [0.717, 1.165) is 18.3 Å². The number of aryl methyl sites for hydroxylation is 1. The Morgan fingerprint density at radius 2 is 1.66 bits per heavy atom. The molecule has 0 aliphatic rings. The molecule has 0 aliphatic carbocycles. The van der Waals surface area contributed by atoms with Gasteiger partial charge in [0.05, 0.1) is 11.4 Å². The van der Waals surface area contributed by atoms with Crippen molar-refractivity contribution in [2.24, 2.45) is 7.05 Å². The second-order valence-corrected chi connectivity index (χ2v) is 7.34. The van der Waals surface area contributed by atoms with Gasteiger partial charge in [-0.2, -0.15) is 23.4 Å². The summed E-state index contributed by atoms with van der Waals surface area (Å²) in [6, 6.07) is 18.8. The number of benzene rings is 2. The zero-order valence-corrected chi connectivity index (χ0v) is 17.5. The van der Waals surface area contributed by atoms with E-state index in [1.54, 1.807) is 10.9 Å². The van der Waals surface area contributed by atoms with E-state index in [1.807, 2.05) is 60.7 Å². The van der Waals surface area contributed by atoms with Crippen molar-refractivity contribution in [2.45, 2.75) is 12.7 Å². The summed E-state index contributed by atoms with van der Waals surface area (Å²) in [5.74, 6) is -0.812. The summed E-state index contributed by atoms with van der Waals surface area (Å²) in [4.78, 5) is 12.6. The maximum absolute atomic E-state index is 13.2. The highest BCUT2D eigenvalue weighted by atomic mass is 35.5. The lowest BCUT2D eigenvalue weighted by Crippen LogP contribution is -2.23. The summed E-state index contributed by atoms with van der Waals surface area (Å²) < 4.78 is 41.7. The van der Waals surface area contributed by atoms with Gasteiger partial charge in [0.2, 0.25) is 0 Å². The number of aromatic nitrogens is 4. The largest absolute Gasteiger partial charge is 0.434 e. The van der Waals surface area contributed by atoms with Crippen LogP contribution in [0.4, 0.5) is 13.2 Å². The van der Waals surface area contributed by atoms with Gasteiger partial charge in [-0.05, 0) is 12.1 Å². The fraction of sp³-hybridized carbons (Fsp3) is 0.136. The van der Waals surface area contributed by atoms with Crippen LogP contribution in [0.25, 0.3) is 16.9 Å². The average molecular weight is 460 g/mol. The highest BCUT2D eigenvalue weighted by molar-refractivity contribution is 6.34. The van der Waals surface area contributed by atoms with E-state index in [1.165, 1.54) is 0 Å². The van der Waals surface area contributed by atoms with Crippen molar-refractivity contribution in [2.75, 3.05) is 0 Å². The fourth-order valence-electron chi connectivity index (χ4n) is 3.30. The smallest absolute Gasteiger partial charge is 0.346 e. The third kappa shape index (κ3) is 4.24. The second kappa shape index (κ2) is 8.51. The van der Waals surface area contributed by atoms with Gasteiger partial charge in [-0.1, -0.05) is 60.1 Å². The van der Waals surface area contributed by atoms with E-state index in [4.69, 9.17) is 11.6 Å². The van der Waals surface area contributed by atoms with Crippen LogP contribution in [0.5, 0.6) is 0 Å². The molecule has 4 aromatic rings. The summed E-state index contributed by atoms with van der Waals surface area (Å²) >= 11 is 5.82. The van der Waals surface area contributed by atoms with Gasteiger partial charge in [-0.15, -0.1) is 0 Å². The van der Waals surface area contributed by atoms with E-state index in [2.05, 4.69) is 15.5 Å². The molecule has 1 amide bonds. The predicted molar refractivity (Wildman–Crippen MR) is 113 cm³/mol. The summed E-state index contributed by atoms with van der Waals surface area (Å²) in [6.07, 6.45) is -2.96. The first-order valence-electron chi connectivity index (χ1n) is 9.53. The molecule has 2 heterocycles. The van der Waals surface area contributed by atoms with Crippen LogP contribution >= 0.6 is 11.6 Å². The molecule has 2 aromatic heterocycles. The number of amides is 1. The number of hydrogen-bond donors (Lipinski definition) is 1. The number of alkyl halides is 3. The molecule has 0 spiro atoms. The van der Waals surface area contributed by atoms with E-state index in [9.17, 15) is 18.0 Å². The maximum Gasteiger partial charge on any atom is 0.434 e. The molecular formula is C22H17ClF3N5O. The number of rotatable bonds is 5. The van der Waals surface area contributed by atoms with Crippen LogP contribution < -0.4 is 5.32 Å². The van der Waals surface area contributed by atoms with Crippen LogP contribution in [0.3, 0.4) is 0 Å². The Balaban J connectivity index is 1.63. The molecular weight excluding hydrogens is 443 g/mol. The molecule has 1 N–H and O–H groups in total. The monoisotopic (exact) mass is 459 g/mol. The molecule has 164 valence electrons. The van der Waals surface area contributed by atoms with Crippen LogP contribution in [0, 0.1) is 0 Å².